The summed E-state index contributed by atoms with van der Waals surface area (Å²) in [7, 11) is 0. The van der Waals surface area contributed by atoms with Crippen LogP contribution in [0.4, 0.5) is 0 Å². The fraction of sp³-hybridized carbons (Fsp3) is 0.429. The summed E-state index contributed by atoms with van der Waals surface area (Å²) in [6, 6.07) is 19.4. The van der Waals surface area contributed by atoms with Gasteiger partial charge in [0.1, 0.15) is 12.4 Å². The molecule has 1 fully saturated rings. The number of para-hydroxylation sites is 1. The summed E-state index contributed by atoms with van der Waals surface area (Å²) in [5.74, 6) is 1.03. The molecule has 0 unspecified atom stereocenters. The third-order valence-corrected chi connectivity index (χ3v) is 4.67. The molecule has 1 saturated heterocycles. The normalized spacial score (nSPS) is 16.7. The van der Waals surface area contributed by atoms with Crippen molar-refractivity contribution in [3.63, 3.8) is 0 Å². The number of hydrogen-bond acceptors (Lipinski definition) is 3. The van der Waals surface area contributed by atoms with Crippen molar-refractivity contribution in [1.82, 2.24) is 10.2 Å². The van der Waals surface area contributed by atoms with E-state index in [0.29, 0.717) is 12.6 Å². The molecule has 1 aliphatic rings. The Kier molecular flexibility index (Phi) is 6.27. The fourth-order valence-corrected chi connectivity index (χ4v) is 3.42. The van der Waals surface area contributed by atoms with E-state index in [1.165, 1.54) is 24.0 Å². The van der Waals surface area contributed by atoms with Gasteiger partial charge in [-0.05, 0) is 18.1 Å². The third kappa shape index (κ3) is 4.37. The molecule has 0 spiro atoms. The van der Waals surface area contributed by atoms with Gasteiger partial charge < -0.3 is 10.1 Å². The predicted octanol–water partition coefficient (Wildman–Crippen LogP) is 4.01. The number of ether oxygens (including phenoxy) is 1. The van der Waals surface area contributed by atoms with Crippen LogP contribution in [0.1, 0.15) is 36.9 Å². The van der Waals surface area contributed by atoms with Crippen LogP contribution < -0.4 is 10.1 Å². The second-order valence-corrected chi connectivity index (χ2v) is 6.40. The van der Waals surface area contributed by atoms with E-state index in [0.717, 1.165) is 31.9 Å². The van der Waals surface area contributed by atoms with Crippen molar-refractivity contribution >= 4 is 0 Å². The third-order valence-electron chi connectivity index (χ3n) is 4.67. The maximum atomic E-state index is 6.20. The van der Waals surface area contributed by atoms with Crippen LogP contribution in [0.2, 0.25) is 0 Å². The number of piperazine rings is 1. The van der Waals surface area contributed by atoms with Crippen LogP contribution in [-0.2, 0) is 6.61 Å². The van der Waals surface area contributed by atoms with Gasteiger partial charge in [0.05, 0.1) is 0 Å². The predicted molar refractivity (Wildman–Crippen MR) is 99.3 cm³/mol. The molecular weight excluding hydrogens is 296 g/mol. The second kappa shape index (κ2) is 8.86. The Morgan fingerprint density at radius 2 is 1.71 bits per heavy atom. The van der Waals surface area contributed by atoms with E-state index in [2.05, 4.69) is 65.7 Å². The van der Waals surface area contributed by atoms with Gasteiger partial charge in [-0.15, -0.1) is 0 Å². The Bertz CT molecular complexity index is 608. The Hall–Kier alpha value is -1.84. The van der Waals surface area contributed by atoms with Crippen molar-refractivity contribution in [2.24, 2.45) is 0 Å². The molecule has 0 aliphatic carbocycles. The Morgan fingerprint density at radius 1 is 1.00 bits per heavy atom. The smallest absolute Gasteiger partial charge is 0.124 e. The molecule has 3 heteroatoms. The highest BCUT2D eigenvalue weighted by Crippen LogP contribution is 2.33. The van der Waals surface area contributed by atoms with Crippen molar-refractivity contribution in [1.29, 1.82) is 0 Å². The number of hydrogen-bond donors (Lipinski definition) is 1. The zero-order valence-corrected chi connectivity index (χ0v) is 14.6. The summed E-state index contributed by atoms with van der Waals surface area (Å²) in [4.78, 5) is 2.60. The summed E-state index contributed by atoms with van der Waals surface area (Å²) in [6.07, 6.45) is 2.35. The molecular formula is C21H28N2O. The van der Waals surface area contributed by atoms with Gasteiger partial charge >= 0.3 is 0 Å². The molecule has 3 rings (SSSR count). The molecule has 24 heavy (non-hydrogen) atoms. The number of nitrogens with one attached hydrogen (secondary N) is 1. The van der Waals surface area contributed by atoms with Crippen LogP contribution in [0, 0.1) is 0 Å². The van der Waals surface area contributed by atoms with Crippen molar-refractivity contribution in [3.8, 4) is 5.75 Å². The van der Waals surface area contributed by atoms with E-state index in [9.17, 15) is 0 Å². The second-order valence-electron chi connectivity index (χ2n) is 6.40. The number of nitrogens with zero attached hydrogens (tertiary/aromatic N) is 1. The van der Waals surface area contributed by atoms with Gasteiger partial charge in [-0.3, -0.25) is 4.90 Å². The van der Waals surface area contributed by atoms with Gasteiger partial charge in [0.15, 0.2) is 0 Å². The molecule has 1 heterocycles. The fourth-order valence-electron chi connectivity index (χ4n) is 3.42. The molecule has 0 aromatic heterocycles. The van der Waals surface area contributed by atoms with E-state index in [4.69, 9.17) is 4.74 Å². The molecule has 0 radical (unpaired) electrons. The summed E-state index contributed by atoms with van der Waals surface area (Å²) in [5, 5.41) is 3.45. The first kappa shape index (κ1) is 17.0. The van der Waals surface area contributed by atoms with Gasteiger partial charge in [-0.25, -0.2) is 0 Å². The molecule has 3 nitrogen and oxygen atoms in total. The Balaban J connectivity index is 1.77. The van der Waals surface area contributed by atoms with Gasteiger partial charge in [0.2, 0.25) is 0 Å². The average Bonchev–Trinajstić information content (AvgIpc) is 2.66. The largest absolute Gasteiger partial charge is 0.489 e. The lowest BCUT2D eigenvalue weighted by Crippen LogP contribution is -2.45. The van der Waals surface area contributed by atoms with E-state index < -0.39 is 0 Å². The first-order valence-corrected chi connectivity index (χ1v) is 9.09. The maximum absolute atomic E-state index is 6.20. The van der Waals surface area contributed by atoms with Crippen molar-refractivity contribution in [2.45, 2.75) is 32.4 Å². The van der Waals surface area contributed by atoms with Crippen molar-refractivity contribution < 1.29 is 4.74 Å². The highest BCUT2D eigenvalue weighted by atomic mass is 16.5. The van der Waals surface area contributed by atoms with Crippen molar-refractivity contribution in [3.05, 3.63) is 65.7 Å². The average molecular weight is 324 g/mol. The van der Waals surface area contributed by atoms with E-state index in [1.54, 1.807) is 0 Å². The van der Waals surface area contributed by atoms with Gasteiger partial charge in [0.25, 0.3) is 0 Å². The summed E-state index contributed by atoms with van der Waals surface area (Å²) < 4.78 is 6.20. The minimum atomic E-state index is 0.448. The lowest BCUT2D eigenvalue weighted by Gasteiger charge is -2.36. The number of rotatable bonds is 7. The molecule has 0 saturated carbocycles. The quantitative estimate of drug-likeness (QED) is 0.833. The van der Waals surface area contributed by atoms with Gasteiger partial charge in [0, 0.05) is 37.8 Å². The highest BCUT2D eigenvalue weighted by Gasteiger charge is 2.24. The highest BCUT2D eigenvalue weighted by molar-refractivity contribution is 5.36. The maximum Gasteiger partial charge on any atom is 0.124 e. The van der Waals surface area contributed by atoms with E-state index in [1.807, 2.05) is 6.07 Å². The standard InChI is InChI=1S/C21H28N2O/c1-2-8-20(23-15-13-22-14-16-23)19-11-6-7-12-21(19)24-17-18-9-4-3-5-10-18/h3-7,9-12,20,22H,2,8,13-17H2,1H3/t20-/m1/s1. The van der Waals surface area contributed by atoms with Crippen LogP contribution >= 0.6 is 0 Å². The van der Waals surface area contributed by atoms with Crippen LogP contribution in [0.25, 0.3) is 0 Å². The van der Waals surface area contributed by atoms with Crippen LogP contribution in [0.15, 0.2) is 54.6 Å². The first-order chi connectivity index (χ1) is 11.9. The topological polar surface area (TPSA) is 24.5 Å². The molecule has 1 N–H and O–H groups in total. The molecule has 2 aromatic rings. The summed E-state index contributed by atoms with van der Waals surface area (Å²) in [6.45, 7) is 7.26. The van der Waals surface area contributed by atoms with Crippen molar-refractivity contribution in [2.75, 3.05) is 26.2 Å². The molecule has 1 atom stereocenters. The Labute approximate surface area is 145 Å². The molecule has 0 amide bonds. The zero-order chi connectivity index (χ0) is 16.6. The van der Waals surface area contributed by atoms with E-state index in [-0.39, 0.29) is 0 Å². The monoisotopic (exact) mass is 324 g/mol. The summed E-state index contributed by atoms with van der Waals surface area (Å²) in [5.41, 5.74) is 2.54. The van der Waals surface area contributed by atoms with E-state index >= 15 is 0 Å². The Morgan fingerprint density at radius 3 is 2.46 bits per heavy atom. The molecule has 128 valence electrons. The van der Waals surface area contributed by atoms with Gasteiger partial charge in [-0.1, -0.05) is 61.9 Å². The number of benzene rings is 2. The van der Waals surface area contributed by atoms with Crippen LogP contribution in [0.5, 0.6) is 5.75 Å². The molecule has 2 aromatic carbocycles. The minimum absolute atomic E-state index is 0.448. The minimum Gasteiger partial charge on any atom is -0.489 e. The zero-order valence-electron chi connectivity index (χ0n) is 14.6. The van der Waals surface area contributed by atoms with Crippen LogP contribution in [-0.4, -0.2) is 31.1 Å². The molecule has 1 aliphatic heterocycles. The first-order valence-electron chi connectivity index (χ1n) is 9.09. The summed E-state index contributed by atoms with van der Waals surface area (Å²) >= 11 is 0. The lowest BCUT2D eigenvalue weighted by atomic mass is 9.99. The molecule has 0 bridgehead atoms. The van der Waals surface area contributed by atoms with Crippen LogP contribution in [0.3, 0.4) is 0 Å². The SMILES string of the molecule is CCC[C@H](c1ccccc1OCc1ccccc1)N1CCNCC1. The van der Waals surface area contributed by atoms with Gasteiger partial charge in [-0.2, -0.15) is 0 Å². The lowest BCUT2D eigenvalue weighted by molar-refractivity contribution is 0.160.